The van der Waals surface area contributed by atoms with Crippen molar-refractivity contribution in [3.63, 3.8) is 0 Å². The number of anilines is 1. The lowest BCUT2D eigenvalue weighted by Crippen LogP contribution is -2.11. The first-order chi connectivity index (χ1) is 7.74. The molecule has 0 spiro atoms. The molecule has 6 heteroatoms. The quantitative estimate of drug-likeness (QED) is 0.768. The van der Waals surface area contributed by atoms with Crippen LogP contribution in [0.2, 0.25) is 0 Å². The molecule has 0 fully saturated rings. The Hall–Kier alpha value is -2.11. The molecule has 0 aromatic carbocycles. The van der Waals surface area contributed by atoms with Crippen molar-refractivity contribution in [3.05, 3.63) is 40.6 Å². The Kier molecular flexibility index (Phi) is 3.00. The van der Waals surface area contributed by atoms with Crippen LogP contribution in [0.15, 0.2) is 29.3 Å². The van der Waals surface area contributed by atoms with Gasteiger partial charge in [-0.3, -0.25) is 9.48 Å². The van der Waals surface area contributed by atoms with E-state index in [9.17, 15) is 4.79 Å². The highest BCUT2D eigenvalue weighted by molar-refractivity contribution is 5.38. The van der Waals surface area contributed by atoms with Crippen LogP contribution >= 0.6 is 0 Å². The summed E-state index contributed by atoms with van der Waals surface area (Å²) >= 11 is 0. The van der Waals surface area contributed by atoms with Crippen molar-refractivity contribution >= 4 is 5.69 Å². The third-order valence-electron chi connectivity index (χ3n) is 2.14. The minimum Gasteiger partial charge on any atom is -0.383 e. The Morgan fingerprint density at radius 2 is 2.44 bits per heavy atom. The van der Waals surface area contributed by atoms with Crippen LogP contribution in [0.4, 0.5) is 5.69 Å². The van der Waals surface area contributed by atoms with Crippen molar-refractivity contribution in [1.82, 2.24) is 20.0 Å². The van der Waals surface area contributed by atoms with Gasteiger partial charge in [-0.2, -0.15) is 10.2 Å². The number of rotatable bonds is 4. The lowest BCUT2D eigenvalue weighted by Gasteiger charge is -2.02. The molecule has 84 valence electrons. The highest BCUT2D eigenvalue weighted by atomic mass is 16.1. The molecule has 0 aliphatic heterocycles. The Bertz CT molecular complexity index is 516. The summed E-state index contributed by atoms with van der Waals surface area (Å²) in [6.45, 7) is 0.724. The van der Waals surface area contributed by atoms with E-state index in [-0.39, 0.29) is 5.56 Å². The van der Waals surface area contributed by atoms with Gasteiger partial charge in [0.25, 0.3) is 5.56 Å². The number of hydrogen-bond acceptors (Lipinski definition) is 4. The SMILES string of the molecule is Cn1ccc(CCNc2cn[nH]c(=O)c2)n1. The van der Waals surface area contributed by atoms with Gasteiger partial charge in [0, 0.05) is 32.3 Å². The van der Waals surface area contributed by atoms with Gasteiger partial charge in [0.15, 0.2) is 0 Å². The summed E-state index contributed by atoms with van der Waals surface area (Å²) in [4.78, 5) is 11.0. The summed E-state index contributed by atoms with van der Waals surface area (Å²) in [5, 5.41) is 13.4. The molecule has 0 atom stereocenters. The largest absolute Gasteiger partial charge is 0.383 e. The van der Waals surface area contributed by atoms with E-state index in [1.807, 2.05) is 19.3 Å². The van der Waals surface area contributed by atoms with Crippen molar-refractivity contribution in [3.8, 4) is 0 Å². The molecule has 0 aliphatic carbocycles. The number of aryl methyl sites for hydroxylation is 1. The van der Waals surface area contributed by atoms with E-state index < -0.39 is 0 Å². The van der Waals surface area contributed by atoms with E-state index >= 15 is 0 Å². The standard InChI is InChI=1S/C10H13N5O/c1-15-5-3-8(14-15)2-4-11-9-6-10(16)13-12-7-9/h3,5-7H,2,4H2,1H3,(H2,11,13,16). The van der Waals surface area contributed by atoms with Crippen molar-refractivity contribution in [2.24, 2.45) is 7.05 Å². The van der Waals surface area contributed by atoms with Crippen LogP contribution in [0.3, 0.4) is 0 Å². The molecule has 0 saturated heterocycles. The topological polar surface area (TPSA) is 75.6 Å². The Morgan fingerprint density at radius 1 is 1.56 bits per heavy atom. The van der Waals surface area contributed by atoms with E-state index in [0.29, 0.717) is 0 Å². The molecular formula is C10H13N5O. The van der Waals surface area contributed by atoms with E-state index in [2.05, 4.69) is 20.6 Å². The second-order valence-electron chi connectivity index (χ2n) is 3.49. The molecule has 2 rings (SSSR count). The van der Waals surface area contributed by atoms with Crippen molar-refractivity contribution < 1.29 is 0 Å². The summed E-state index contributed by atoms with van der Waals surface area (Å²) in [5.74, 6) is 0. The average molecular weight is 219 g/mol. The van der Waals surface area contributed by atoms with Crippen LogP contribution in [0, 0.1) is 0 Å². The monoisotopic (exact) mass is 219 g/mol. The highest BCUT2D eigenvalue weighted by Gasteiger charge is 1.97. The third-order valence-corrected chi connectivity index (χ3v) is 2.14. The normalized spacial score (nSPS) is 10.3. The molecule has 2 aromatic rings. The molecule has 0 saturated carbocycles. The van der Waals surface area contributed by atoms with Crippen LogP contribution in [-0.2, 0) is 13.5 Å². The first kappa shape index (κ1) is 10.4. The Labute approximate surface area is 92.3 Å². The molecular weight excluding hydrogens is 206 g/mol. The molecule has 2 N–H and O–H groups in total. The highest BCUT2D eigenvalue weighted by Crippen LogP contribution is 2.00. The first-order valence-electron chi connectivity index (χ1n) is 5.01. The molecule has 0 radical (unpaired) electrons. The molecule has 0 amide bonds. The lowest BCUT2D eigenvalue weighted by molar-refractivity contribution is 0.742. The first-order valence-corrected chi connectivity index (χ1v) is 5.01. The van der Waals surface area contributed by atoms with Gasteiger partial charge in [-0.15, -0.1) is 0 Å². The lowest BCUT2D eigenvalue weighted by atomic mass is 10.3. The predicted octanol–water partition coefficient (Wildman–Crippen LogP) is 0.158. The zero-order valence-corrected chi connectivity index (χ0v) is 8.97. The van der Waals surface area contributed by atoms with Gasteiger partial charge >= 0.3 is 0 Å². The summed E-state index contributed by atoms with van der Waals surface area (Å²) in [5.41, 5.74) is 1.54. The number of aromatic nitrogens is 4. The van der Waals surface area contributed by atoms with Gasteiger partial charge in [0.05, 0.1) is 17.6 Å². The van der Waals surface area contributed by atoms with E-state index in [4.69, 9.17) is 0 Å². The molecule has 0 bridgehead atoms. The Morgan fingerprint density at radius 3 is 3.12 bits per heavy atom. The average Bonchev–Trinajstić information content (AvgIpc) is 2.64. The van der Waals surface area contributed by atoms with Gasteiger partial charge in [0.2, 0.25) is 0 Å². The fourth-order valence-electron chi connectivity index (χ4n) is 1.40. The number of nitrogens with zero attached hydrogens (tertiary/aromatic N) is 3. The van der Waals surface area contributed by atoms with Gasteiger partial charge in [-0.1, -0.05) is 0 Å². The minimum absolute atomic E-state index is 0.206. The molecule has 2 aromatic heterocycles. The number of nitrogens with one attached hydrogen (secondary N) is 2. The van der Waals surface area contributed by atoms with Crippen molar-refractivity contribution in [2.45, 2.75) is 6.42 Å². The van der Waals surface area contributed by atoms with Gasteiger partial charge in [0.1, 0.15) is 0 Å². The zero-order chi connectivity index (χ0) is 11.4. The van der Waals surface area contributed by atoms with Crippen LogP contribution in [-0.4, -0.2) is 26.5 Å². The third kappa shape index (κ3) is 2.69. The molecule has 2 heterocycles. The van der Waals surface area contributed by atoms with Crippen molar-refractivity contribution in [2.75, 3.05) is 11.9 Å². The van der Waals surface area contributed by atoms with E-state index in [1.165, 1.54) is 6.07 Å². The molecule has 16 heavy (non-hydrogen) atoms. The van der Waals surface area contributed by atoms with E-state index in [1.54, 1.807) is 10.9 Å². The smallest absolute Gasteiger partial charge is 0.266 e. The summed E-state index contributed by atoms with van der Waals surface area (Å²) < 4.78 is 1.77. The van der Waals surface area contributed by atoms with Gasteiger partial charge < -0.3 is 5.32 Å². The minimum atomic E-state index is -0.206. The second-order valence-corrected chi connectivity index (χ2v) is 3.49. The van der Waals surface area contributed by atoms with Crippen LogP contribution in [0.5, 0.6) is 0 Å². The molecule has 0 unspecified atom stereocenters. The zero-order valence-electron chi connectivity index (χ0n) is 8.97. The van der Waals surface area contributed by atoms with Crippen LogP contribution in [0.25, 0.3) is 0 Å². The summed E-state index contributed by atoms with van der Waals surface area (Å²) in [6.07, 6.45) is 4.30. The van der Waals surface area contributed by atoms with Gasteiger partial charge in [-0.05, 0) is 6.07 Å². The maximum atomic E-state index is 11.0. The van der Waals surface area contributed by atoms with Crippen LogP contribution < -0.4 is 10.9 Å². The summed E-state index contributed by atoms with van der Waals surface area (Å²) in [6, 6.07) is 3.45. The number of aromatic amines is 1. The number of H-pyrrole nitrogens is 1. The predicted molar refractivity (Wildman–Crippen MR) is 60.3 cm³/mol. The second kappa shape index (κ2) is 4.61. The fourth-order valence-corrected chi connectivity index (χ4v) is 1.40. The maximum Gasteiger partial charge on any atom is 0.266 e. The van der Waals surface area contributed by atoms with Crippen molar-refractivity contribution in [1.29, 1.82) is 0 Å². The maximum absolute atomic E-state index is 11.0. The van der Waals surface area contributed by atoms with Gasteiger partial charge in [-0.25, -0.2) is 5.10 Å². The molecule has 6 nitrogen and oxygen atoms in total. The molecule has 0 aliphatic rings. The fraction of sp³-hybridized carbons (Fsp3) is 0.300. The van der Waals surface area contributed by atoms with E-state index in [0.717, 1.165) is 24.3 Å². The summed E-state index contributed by atoms with van der Waals surface area (Å²) in [7, 11) is 1.89. The van der Waals surface area contributed by atoms with Crippen LogP contribution in [0.1, 0.15) is 5.69 Å². The number of hydrogen-bond donors (Lipinski definition) is 2. The Balaban J connectivity index is 1.86.